The largest absolute Gasteiger partial charge is 0.497 e. The molecule has 0 bridgehead atoms. The van der Waals surface area contributed by atoms with E-state index in [1.807, 2.05) is 18.2 Å². The van der Waals surface area contributed by atoms with Crippen molar-refractivity contribution < 1.29 is 9.47 Å². The van der Waals surface area contributed by atoms with Gasteiger partial charge in [-0.1, -0.05) is 12.2 Å². The summed E-state index contributed by atoms with van der Waals surface area (Å²) in [6, 6.07) is 5.72. The van der Waals surface area contributed by atoms with Crippen LogP contribution in [0.5, 0.6) is 11.5 Å². The highest BCUT2D eigenvalue weighted by Gasteiger charge is 2.14. The minimum atomic E-state index is 0.709. The summed E-state index contributed by atoms with van der Waals surface area (Å²) in [5.41, 5.74) is 3.35. The Hall–Kier alpha value is -1.88. The minimum Gasteiger partial charge on any atom is -0.497 e. The van der Waals surface area contributed by atoms with Gasteiger partial charge in [0.05, 0.1) is 14.2 Å². The molecule has 1 aromatic heterocycles. The van der Waals surface area contributed by atoms with Crippen LogP contribution in [0.2, 0.25) is 0 Å². The van der Waals surface area contributed by atoms with E-state index in [0.29, 0.717) is 4.64 Å². The van der Waals surface area contributed by atoms with Crippen molar-refractivity contribution in [2.24, 2.45) is 0 Å². The van der Waals surface area contributed by atoms with Gasteiger partial charge in [0.1, 0.15) is 22.0 Å². The highest BCUT2D eigenvalue weighted by atomic mass is 32.1. The third kappa shape index (κ3) is 2.78. The van der Waals surface area contributed by atoms with E-state index in [2.05, 4.69) is 9.97 Å². The minimum absolute atomic E-state index is 0.709. The molecule has 1 aliphatic carbocycles. The Morgan fingerprint density at radius 3 is 2.38 bits per heavy atom. The molecule has 0 spiro atoms. The number of hydrogen-bond donors (Lipinski definition) is 1. The molecule has 110 valence electrons. The molecular formula is C16H18N2O2S. The molecule has 2 aromatic rings. The van der Waals surface area contributed by atoms with Gasteiger partial charge in [-0.15, -0.1) is 0 Å². The van der Waals surface area contributed by atoms with E-state index in [1.165, 1.54) is 24.1 Å². The van der Waals surface area contributed by atoms with Crippen molar-refractivity contribution in [1.29, 1.82) is 0 Å². The number of aryl methyl sites for hydroxylation is 1. The number of H-pyrrole nitrogens is 1. The first-order valence-electron chi connectivity index (χ1n) is 7.07. The lowest BCUT2D eigenvalue weighted by Gasteiger charge is -2.17. The number of fused-ring (bicyclic) bond motifs is 1. The number of aromatic amines is 1. The van der Waals surface area contributed by atoms with Crippen LogP contribution in [0.25, 0.3) is 11.4 Å². The molecule has 0 unspecified atom stereocenters. The van der Waals surface area contributed by atoms with Crippen molar-refractivity contribution in [2.45, 2.75) is 25.7 Å². The third-order valence-electron chi connectivity index (χ3n) is 3.83. The molecule has 1 heterocycles. The Balaban J connectivity index is 2.12. The number of aromatic nitrogens is 2. The maximum absolute atomic E-state index is 5.46. The molecule has 5 heteroatoms. The summed E-state index contributed by atoms with van der Waals surface area (Å²) >= 11 is 5.46. The van der Waals surface area contributed by atoms with Gasteiger partial charge >= 0.3 is 0 Å². The first kappa shape index (κ1) is 14.1. The summed E-state index contributed by atoms with van der Waals surface area (Å²) in [7, 11) is 3.28. The summed E-state index contributed by atoms with van der Waals surface area (Å²) in [6.45, 7) is 0. The number of ether oxygens (including phenoxy) is 2. The second kappa shape index (κ2) is 5.85. The van der Waals surface area contributed by atoms with Crippen LogP contribution in [0, 0.1) is 4.64 Å². The van der Waals surface area contributed by atoms with Gasteiger partial charge in [-0.3, -0.25) is 0 Å². The van der Waals surface area contributed by atoms with Gasteiger partial charge in [-0.2, -0.15) is 0 Å². The van der Waals surface area contributed by atoms with Crippen molar-refractivity contribution in [1.82, 2.24) is 9.97 Å². The SMILES string of the molecule is COc1cc(OC)cc(-c2nc(=S)c3c([nH]2)CCCC3)c1. The Morgan fingerprint density at radius 2 is 1.71 bits per heavy atom. The van der Waals surface area contributed by atoms with Crippen LogP contribution < -0.4 is 9.47 Å². The third-order valence-corrected chi connectivity index (χ3v) is 4.17. The van der Waals surface area contributed by atoms with E-state index < -0.39 is 0 Å². The smallest absolute Gasteiger partial charge is 0.139 e. The fraction of sp³-hybridized carbons (Fsp3) is 0.375. The van der Waals surface area contributed by atoms with Crippen molar-refractivity contribution in [3.05, 3.63) is 34.1 Å². The molecule has 0 saturated heterocycles. The highest BCUT2D eigenvalue weighted by Crippen LogP contribution is 2.29. The summed E-state index contributed by atoms with van der Waals surface area (Å²) in [5, 5.41) is 0. The zero-order valence-electron chi connectivity index (χ0n) is 12.2. The van der Waals surface area contributed by atoms with Crippen LogP contribution >= 0.6 is 12.2 Å². The normalized spacial score (nSPS) is 13.6. The molecule has 21 heavy (non-hydrogen) atoms. The predicted octanol–water partition coefficient (Wildman–Crippen LogP) is 3.70. The van der Waals surface area contributed by atoms with E-state index in [9.17, 15) is 0 Å². The van der Waals surface area contributed by atoms with Gasteiger partial charge in [0.25, 0.3) is 0 Å². The Bertz CT molecular complexity index is 702. The standard InChI is InChI=1S/C16H18N2O2S/c1-19-11-7-10(8-12(9-11)20-2)15-17-14-6-4-3-5-13(14)16(21)18-15/h7-9H,3-6H2,1-2H3,(H,17,18,21). The van der Waals surface area contributed by atoms with Crippen LogP contribution in [-0.4, -0.2) is 24.2 Å². The van der Waals surface area contributed by atoms with Crippen LogP contribution in [0.4, 0.5) is 0 Å². The van der Waals surface area contributed by atoms with Crippen molar-refractivity contribution in [3.63, 3.8) is 0 Å². The molecule has 0 aliphatic heterocycles. The van der Waals surface area contributed by atoms with Crippen LogP contribution in [-0.2, 0) is 12.8 Å². The molecule has 1 aliphatic rings. The van der Waals surface area contributed by atoms with E-state index >= 15 is 0 Å². The molecular weight excluding hydrogens is 284 g/mol. The number of methoxy groups -OCH3 is 2. The van der Waals surface area contributed by atoms with Crippen molar-refractivity contribution >= 4 is 12.2 Å². The van der Waals surface area contributed by atoms with E-state index in [-0.39, 0.29) is 0 Å². The second-order valence-electron chi connectivity index (χ2n) is 5.16. The number of rotatable bonds is 3. The number of benzene rings is 1. The first-order chi connectivity index (χ1) is 10.2. The maximum atomic E-state index is 5.46. The van der Waals surface area contributed by atoms with Crippen molar-refractivity contribution in [3.8, 4) is 22.9 Å². The Morgan fingerprint density at radius 1 is 1.05 bits per heavy atom. The van der Waals surface area contributed by atoms with E-state index in [1.54, 1.807) is 14.2 Å². The number of nitrogens with zero attached hydrogens (tertiary/aromatic N) is 1. The molecule has 4 nitrogen and oxygen atoms in total. The van der Waals surface area contributed by atoms with Gasteiger partial charge in [0, 0.05) is 22.9 Å². The molecule has 0 fully saturated rings. The quantitative estimate of drug-likeness (QED) is 0.878. The molecule has 0 atom stereocenters. The lowest BCUT2D eigenvalue weighted by Crippen LogP contribution is -2.08. The molecule has 0 amide bonds. The van der Waals surface area contributed by atoms with Gasteiger partial charge in [-0.25, -0.2) is 4.98 Å². The average Bonchev–Trinajstić information content (AvgIpc) is 2.54. The zero-order valence-corrected chi connectivity index (χ0v) is 13.0. The van der Waals surface area contributed by atoms with Crippen LogP contribution in [0.15, 0.2) is 18.2 Å². The van der Waals surface area contributed by atoms with Crippen LogP contribution in [0.3, 0.4) is 0 Å². The second-order valence-corrected chi connectivity index (χ2v) is 5.54. The number of hydrogen-bond acceptors (Lipinski definition) is 4. The topological polar surface area (TPSA) is 47.1 Å². The first-order valence-corrected chi connectivity index (χ1v) is 7.47. The summed E-state index contributed by atoms with van der Waals surface area (Å²) < 4.78 is 11.3. The molecule has 0 radical (unpaired) electrons. The van der Waals surface area contributed by atoms with Gasteiger partial charge in [0.2, 0.25) is 0 Å². The van der Waals surface area contributed by atoms with Gasteiger partial charge in [0.15, 0.2) is 0 Å². The Kier molecular flexibility index (Phi) is 3.92. The Labute approximate surface area is 129 Å². The predicted molar refractivity (Wildman–Crippen MR) is 84.6 cm³/mol. The number of nitrogens with one attached hydrogen (secondary N) is 1. The van der Waals surface area contributed by atoms with Gasteiger partial charge < -0.3 is 14.5 Å². The highest BCUT2D eigenvalue weighted by molar-refractivity contribution is 7.71. The monoisotopic (exact) mass is 302 g/mol. The van der Waals surface area contributed by atoms with Crippen molar-refractivity contribution in [2.75, 3.05) is 14.2 Å². The lowest BCUT2D eigenvalue weighted by atomic mass is 9.97. The summed E-state index contributed by atoms with van der Waals surface area (Å²) in [4.78, 5) is 7.99. The molecule has 3 rings (SSSR count). The van der Waals surface area contributed by atoms with E-state index in [4.69, 9.17) is 21.7 Å². The lowest BCUT2D eigenvalue weighted by molar-refractivity contribution is 0.394. The van der Waals surface area contributed by atoms with E-state index in [0.717, 1.165) is 35.7 Å². The summed E-state index contributed by atoms with van der Waals surface area (Å²) in [6.07, 6.45) is 4.45. The molecule has 1 aromatic carbocycles. The maximum Gasteiger partial charge on any atom is 0.139 e. The fourth-order valence-electron chi connectivity index (χ4n) is 2.70. The zero-order chi connectivity index (χ0) is 14.8. The molecule has 0 saturated carbocycles. The fourth-order valence-corrected chi connectivity index (χ4v) is 3.02. The van der Waals surface area contributed by atoms with Crippen LogP contribution in [0.1, 0.15) is 24.1 Å². The summed E-state index contributed by atoms with van der Waals surface area (Å²) in [5.74, 6) is 2.25. The van der Waals surface area contributed by atoms with Gasteiger partial charge in [-0.05, 0) is 37.8 Å². The average molecular weight is 302 g/mol. The molecule has 1 N–H and O–H groups in total.